The summed E-state index contributed by atoms with van der Waals surface area (Å²) in [7, 11) is -5.23. The van der Waals surface area contributed by atoms with Crippen molar-refractivity contribution in [2.75, 3.05) is 13.2 Å². The Kier molecular flexibility index (Phi) is 4.06. The third kappa shape index (κ3) is 2.98. The van der Waals surface area contributed by atoms with E-state index in [0.29, 0.717) is 0 Å². The number of aliphatic hydroxyl groups is 4. The van der Waals surface area contributed by atoms with E-state index in [9.17, 15) is 29.7 Å². The zero-order chi connectivity index (χ0) is 12.6. The summed E-state index contributed by atoms with van der Waals surface area (Å²) < 4.78 is 18.6. The average Bonchev–Trinajstić information content (AvgIpc) is 2.40. The minimum absolute atomic E-state index is 0.856. The van der Waals surface area contributed by atoms with Crippen LogP contribution in [0.25, 0.3) is 0 Å². The fourth-order valence-electron chi connectivity index (χ4n) is 1.30. The standard InChI is InChI=1S/C6H13O9P/c7-2-6(10)5(9)4(8)3(15-6)1-14-16(11,12)13/h3-5,7-10H,1-2H2,(H2,11,12,13)/p-2/t3-,4+,5+,6?/m1/s1. The lowest BCUT2D eigenvalue weighted by Crippen LogP contribution is -2.46. The molecule has 0 radical (unpaired) electrons. The molecule has 96 valence electrons. The van der Waals surface area contributed by atoms with Gasteiger partial charge in [0.05, 0.1) is 21.0 Å². The number of aliphatic hydroxyl groups excluding tert-OH is 3. The first-order chi connectivity index (χ1) is 7.19. The van der Waals surface area contributed by atoms with Crippen molar-refractivity contribution in [1.82, 2.24) is 0 Å². The van der Waals surface area contributed by atoms with Gasteiger partial charge in [-0.05, 0) is 0 Å². The Balaban J connectivity index is 2.61. The molecular weight excluding hydrogens is 247 g/mol. The van der Waals surface area contributed by atoms with Gasteiger partial charge >= 0.3 is 0 Å². The van der Waals surface area contributed by atoms with E-state index in [1.54, 1.807) is 0 Å². The van der Waals surface area contributed by atoms with Crippen LogP contribution in [0.2, 0.25) is 0 Å². The first kappa shape index (κ1) is 14.0. The van der Waals surface area contributed by atoms with Crippen molar-refractivity contribution in [3.05, 3.63) is 0 Å². The SMILES string of the molecule is O=P([O-])([O-])OC[C@H]1OC(O)(CO)[C@@H](O)[C@H]1O. The summed E-state index contributed by atoms with van der Waals surface area (Å²) >= 11 is 0. The molecule has 1 unspecified atom stereocenters. The zero-order valence-electron chi connectivity index (χ0n) is 7.92. The number of phosphoric ester groups is 1. The van der Waals surface area contributed by atoms with Crippen LogP contribution in [-0.4, -0.2) is 57.7 Å². The van der Waals surface area contributed by atoms with Crippen LogP contribution in [0.3, 0.4) is 0 Å². The van der Waals surface area contributed by atoms with E-state index in [-0.39, 0.29) is 0 Å². The third-order valence-electron chi connectivity index (χ3n) is 2.15. The minimum Gasteiger partial charge on any atom is -0.790 e. The summed E-state index contributed by atoms with van der Waals surface area (Å²) in [6.45, 7) is -1.86. The second-order valence-corrected chi connectivity index (χ2v) is 4.49. The molecule has 16 heavy (non-hydrogen) atoms. The van der Waals surface area contributed by atoms with E-state index >= 15 is 0 Å². The van der Waals surface area contributed by atoms with Crippen molar-refractivity contribution >= 4 is 7.82 Å². The first-order valence-corrected chi connectivity index (χ1v) is 5.69. The molecule has 0 aromatic heterocycles. The first-order valence-electron chi connectivity index (χ1n) is 4.23. The fraction of sp³-hybridized carbons (Fsp3) is 1.00. The highest BCUT2D eigenvalue weighted by molar-refractivity contribution is 7.43. The molecule has 1 rings (SSSR count). The molecule has 0 aliphatic carbocycles. The maximum absolute atomic E-state index is 10.1. The lowest BCUT2D eigenvalue weighted by Gasteiger charge is -2.30. The van der Waals surface area contributed by atoms with Gasteiger partial charge in [0, 0.05) is 0 Å². The molecule has 1 heterocycles. The van der Waals surface area contributed by atoms with Gasteiger partial charge in [-0.2, -0.15) is 0 Å². The number of hydrogen-bond acceptors (Lipinski definition) is 9. The van der Waals surface area contributed by atoms with E-state index in [2.05, 4.69) is 9.26 Å². The molecule has 1 aliphatic rings. The molecule has 0 bridgehead atoms. The van der Waals surface area contributed by atoms with Gasteiger partial charge in [-0.3, -0.25) is 0 Å². The molecule has 1 fully saturated rings. The molecule has 4 N–H and O–H groups in total. The molecule has 9 nitrogen and oxygen atoms in total. The molecule has 0 amide bonds. The van der Waals surface area contributed by atoms with Gasteiger partial charge in [0.2, 0.25) is 5.79 Å². The Morgan fingerprint density at radius 1 is 1.44 bits per heavy atom. The van der Waals surface area contributed by atoms with E-state index in [0.717, 1.165) is 0 Å². The van der Waals surface area contributed by atoms with Gasteiger partial charge in [0.1, 0.15) is 18.3 Å². The van der Waals surface area contributed by atoms with Gasteiger partial charge in [0.25, 0.3) is 0 Å². The van der Waals surface area contributed by atoms with Crippen molar-refractivity contribution in [2.24, 2.45) is 0 Å². The number of hydrogen-bond donors (Lipinski definition) is 4. The molecule has 1 saturated heterocycles. The van der Waals surface area contributed by atoms with Crippen molar-refractivity contribution in [2.45, 2.75) is 24.1 Å². The molecule has 0 aromatic rings. The molecule has 1 aliphatic heterocycles. The van der Waals surface area contributed by atoms with Crippen LogP contribution in [0, 0.1) is 0 Å². The van der Waals surface area contributed by atoms with Gasteiger partial charge in [-0.25, -0.2) is 0 Å². The average molecular weight is 258 g/mol. The molecule has 0 aromatic carbocycles. The molecule has 0 spiro atoms. The molecule has 4 atom stereocenters. The van der Waals surface area contributed by atoms with Crippen LogP contribution in [-0.2, 0) is 13.8 Å². The number of rotatable bonds is 4. The highest BCUT2D eigenvalue weighted by atomic mass is 31.2. The minimum atomic E-state index is -5.23. The Bertz CT molecular complexity index is 290. The largest absolute Gasteiger partial charge is 0.790 e. The van der Waals surface area contributed by atoms with Crippen LogP contribution in [0.4, 0.5) is 0 Å². The van der Waals surface area contributed by atoms with E-state index in [1.807, 2.05) is 0 Å². The Labute approximate surface area is 90.1 Å². The quantitative estimate of drug-likeness (QED) is 0.365. The normalized spacial score (nSPS) is 40.2. The Morgan fingerprint density at radius 2 is 2.00 bits per heavy atom. The van der Waals surface area contributed by atoms with Crippen LogP contribution >= 0.6 is 7.82 Å². The van der Waals surface area contributed by atoms with Crippen molar-refractivity contribution in [3.63, 3.8) is 0 Å². The second kappa shape index (κ2) is 4.65. The fourth-order valence-corrected chi connectivity index (χ4v) is 1.63. The Morgan fingerprint density at radius 3 is 2.38 bits per heavy atom. The van der Waals surface area contributed by atoms with Gasteiger partial charge < -0.3 is 44.0 Å². The monoisotopic (exact) mass is 258 g/mol. The summed E-state index contributed by atoms with van der Waals surface area (Å²) in [4.78, 5) is 20.3. The topological polar surface area (TPSA) is 163 Å². The lowest BCUT2D eigenvalue weighted by molar-refractivity contribution is -0.344. The lowest BCUT2D eigenvalue weighted by atomic mass is 10.1. The van der Waals surface area contributed by atoms with E-state index in [4.69, 9.17) is 5.11 Å². The highest BCUT2D eigenvalue weighted by Crippen LogP contribution is 2.32. The van der Waals surface area contributed by atoms with Crippen molar-refractivity contribution in [3.8, 4) is 0 Å². The predicted octanol–water partition coefficient (Wildman–Crippen LogP) is -4.37. The maximum Gasteiger partial charge on any atom is 0.219 e. The van der Waals surface area contributed by atoms with Crippen LogP contribution in [0.15, 0.2) is 0 Å². The van der Waals surface area contributed by atoms with Crippen LogP contribution in [0.1, 0.15) is 0 Å². The van der Waals surface area contributed by atoms with Crippen LogP contribution < -0.4 is 9.79 Å². The molecule has 0 saturated carbocycles. The van der Waals surface area contributed by atoms with Gasteiger partial charge in [-0.1, -0.05) is 0 Å². The molecular formula is C6H11O9P-2. The summed E-state index contributed by atoms with van der Waals surface area (Å²) in [6.07, 6.45) is -4.93. The summed E-state index contributed by atoms with van der Waals surface area (Å²) in [6, 6.07) is 0. The zero-order valence-corrected chi connectivity index (χ0v) is 8.82. The third-order valence-corrected chi connectivity index (χ3v) is 2.61. The van der Waals surface area contributed by atoms with E-state index < -0.39 is 45.1 Å². The van der Waals surface area contributed by atoms with Gasteiger partial charge in [0.15, 0.2) is 0 Å². The number of phosphoric acid groups is 1. The summed E-state index contributed by atoms with van der Waals surface area (Å²) in [5.74, 6) is -2.40. The van der Waals surface area contributed by atoms with Gasteiger partial charge in [-0.15, -0.1) is 0 Å². The van der Waals surface area contributed by atoms with Crippen molar-refractivity contribution < 1.29 is 44.0 Å². The van der Waals surface area contributed by atoms with E-state index in [1.165, 1.54) is 0 Å². The highest BCUT2D eigenvalue weighted by Gasteiger charge is 2.53. The summed E-state index contributed by atoms with van der Waals surface area (Å²) in [5.41, 5.74) is 0. The van der Waals surface area contributed by atoms with Crippen molar-refractivity contribution in [1.29, 1.82) is 0 Å². The second-order valence-electron chi connectivity index (χ2n) is 3.34. The predicted molar refractivity (Wildman–Crippen MR) is 42.5 cm³/mol. The molecule has 10 heteroatoms. The smallest absolute Gasteiger partial charge is 0.219 e. The maximum atomic E-state index is 10.1. The van der Waals surface area contributed by atoms with Crippen LogP contribution in [0.5, 0.6) is 0 Å². The summed E-state index contributed by atoms with van der Waals surface area (Å²) in [5, 5.41) is 36.6. The number of ether oxygens (including phenoxy) is 1. The Hall–Kier alpha value is -0.0900.